The molecule has 3 saturated heterocycles. The normalized spacial score (nSPS) is 16.9. The van der Waals surface area contributed by atoms with E-state index in [1.54, 1.807) is 53.2 Å². The van der Waals surface area contributed by atoms with E-state index in [1.807, 2.05) is 102 Å². The summed E-state index contributed by atoms with van der Waals surface area (Å²) in [7, 11) is -15.7. The standard InChI is InChI=1S/C37H33F5N6O3S.C30H27F5N6O3S.C27H29N5.C10H5ClF5NO3S/c38-30-31(39)33(41)35(34(42)32(30)40)52(50,51)48-20-19-29(48)37(49)46(21-24-11-13-26(14-12-24)25-9-5-2-6-10-25)28-17-15-27(16-18-28)36-43-44-45-47(36)22-23-7-3-1-4-8-23;31-23-24(32)26(34)28(27(35)25(23)33)45(43,44)41-15-14-22(41)30(42)40(21-12-10-20(11-13-21)29-36-38-39-37-29)16-17-6-8-19(9-7-17)18-4-2-1-3-5-18;1-3-7-22(8-4-1)20-32-27(29-30-31-32)25-15-17-26(18-16-25)28-19-21-11-13-24(14-12-21)23-9-5-2-6-10-23;11-10(18)3-1-2-17(3)21(19,20)9-7(15)5(13)4(12)6(14)8(9)16/h1,3-4,7-8,11-18,25,29H,2,5-6,9-10,19-22H2;6-13,18,22H,1-5,14-16H2,(H,36,37,38,39);1,3-4,7-8,11-18,23,28H,2,5-6,9-10,19-20H2;3H,1-2H2/t29-;22-;;3-/m11.1/s1. The lowest BCUT2D eigenvalue weighted by atomic mass is 9.84. The van der Waals surface area contributed by atoms with Gasteiger partial charge in [-0.2, -0.15) is 18.1 Å². The molecule has 0 unspecified atom stereocenters. The third-order valence-electron chi connectivity index (χ3n) is 27.6. The number of carbonyl (C=O) groups is 3. The highest BCUT2D eigenvalue weighted by Crippen LogP contribution is 2.43. The average Bonchev–Trinajstić information content (AvgIpc) is 1.02. The lowest BCUT2D eigenvalue weighted by Crippen LogP contribution is -2.59. The van der Waals surface area contributed by atoms with E-state index in [4.69, 9.17) is 11.6 Å². The van der Waals surface area contributed by atoms with Crippen molar-refractivity contribution in [1.29, 1.82) is 0 Å². The van der Waals surface area contributed by atoms with Crippen LogP contribution >= 0.6 is 11.6 Å². The van der Waals surface area contributed by atoms with E-state index in [2.05, 4.69) is 118 Å². The summed E-state index contributed by atoms with van der Waals surface area (Å²) < 4.78 is 290. The van der Waals surface area contributed by atoms with Crippen LogP contribution in [0.4, 0.5) is 82.9 Å². The number of amides is 2. The van der Waals surface area contributed by atoms with E-state index in [1.165, 1.54) is 95.4 Å². The fourth-order valence-corrected chi connectivity index (χ4v) is 24.7. The molecule has 784 valence electrons. The molecule has 20 rings (SSSR count). The summed E-state index contributed by atoms with van der Waals surface area (Å²) in [6.07, 6.45) is 18.2. The summed E-state index contributed by atoms with van der Waals surface area (Å²) in [5, 5.41) is 40.5. The van der Waals surface area contributed by atoms with Crippen molar-refractivity contribution in [3.8, 4) is 34.2 Å². The summed E-state index contributed by atoms with van der Waals surface area (Å²) in [5.74, 6) is -35.0. The molecule has 6 fully saturated rings. The molecule has 0 spiro atoms. The Bertz CT molecular complexity index is 7510. The van der Waals surface area contributed by atoms with Crippen molar-refractivity contribution in [3.05, 3.63) is 338 Å². The zero-order valence-electron chi connectivity index (χ0n) is 79.6. The van der Waals surface area contributed by atoms with Gasteiger partial charge in [0.1, 0.15) is 18.1 Å². The van der Waals surface area contributed by atoms with Gasteiger partial charge < -0.3 is 15.1 Å². The number of carbonyl (C=O) groups excluding carboxylic acids is 3. The molecule has 0 bridgehead atoms. The highest BCUT2D eigenvalue weighted by molar-refractivity contribution is 7.89. The van der Waals surface area contributed by atoms with Crippen LogP contribution in [0.2, 0.25) is 0 Å². The molecular weight excluding hydrogens is 2060 g/mol. The van der Waals surface area contributed by atoms with Crippen LogP contribution in [0.1, 0.15) is 178 Å². The number of tetrazole rings is 3. The number of nitrogens with zero attached hydrogens (tertiary/aromatic N) is 16. The Balaban J connectivity index is 0.000000142. The van der Waals surface area contributed by atoms with Crippen LogP contribution in [-0.4, -0.2) is 154 Å². The van der Waals surface area contributed by atoms with Crippen molar-refractivity contribution >= 4 is 75.8 Å². The van der Waals surface area contributed by atoms with Gasteiger partial charge in [0.05, 0.1) is 26.2 Å². The number of rotatable bonds is 28. The fraction of sp³-hybridized carbons (Fsp3) is 0.308. The van der Waals surface area contributed by atoms with Crippen molar-refractivity contribution in [2.45, 2.75) is 199 Å². The van der Waals surface area contributed by atoms with Crippen molar-refractivity contribution in [2.75, 3.05) is 34.8 Å². The first-order valence-electron chi connectivity index (χ1n) is 48.1. The highest BCUT2D eigenvalue weighted by atomic mass is 35.5. The van der Waals surface area contributed by atoms with Gasteiger partial charge in [0.25, 0.3) is 0 Å². The zero-order chi connectivity index (χ0) is 106. The third-order valence-corrected chi connectivity index (χ3v) is 33.6. The molecule has 11 aromatic carbocycles. The fourth-order valence-electron chi connectivity index (χ4n) is 19.1. The zero-order valence-corrected chi connectivity index (χ0v) is 82.8. The summed E-state index contributed by atoms with van der Waals surface area (Å²) in [4.78, 5) is 35.8. The van der Waals surface area contributed by atoms with Crippen LogP contribution in [0, 0.1) is 87.3 Å². The second kappa shape index (κ2) is 46.6. The molecule has 14 aromatic rings. The smallest absolute Gasteiger partial charge is 0.249 e. The Morgan fingerprint density at radius 2 is 0.647 bits per heavy atom. The van der Waals surface area contributed by atoms with Gasteiger partial charge in [-0.05, 0) is 231 Å². The number of aromatic amines is 1. The van der Waals surface area contributed by atoms with Gasteiger partial charge in [-0.25, -0.2) is 100 Å². The molecule has 46 heteroatoms. The van der Waals surface area contributed by atoms with Gasteiger partial charge in [0.15, 0.2) is 96.1 Å². The van der Waals surface area contributed by atoms with Crippen molar-refractivity contribution in [2.24, 2.45) is 0 Å². The van der Waals surface area contributed by atoms with Crippen LogP contribution in [0.5, 0.6) is 0 Å². The van der Waals surface area contributed by atoms with Crippen LogP contribution in [0.15, 0.2) is 221 Å². The van der Waals surface area contributed by atoms with E-state index >= 15 is 0 Å². The Hall–Kier alpha value is -14.0. The highest BCUT2D eigenvalue weighted by Gasteiger charge is 2.52. The van der Waals surface area contributed by atoms with Crippen LogP contribution in [-0.2, 0) is 77.2 Å². The number of hydrogen-bond acceptors (Lipinski definition) is 19. The van der Waals surface area contributed by atoms with Gasteiger partial charge in [-0.1, -0.05) is 191 Å². The molecule has 3 saturated carbocycles. The predicted molar refractivity (Wildman–Crippen MR) is 520 cm³/mol. The number of sulfonamides is 3. The average molecular weight is 2160 g/mol. The number of nitrogens with one attached hydrogen (secondary N) is 2. The lowest BCUT2D eigenvalue weighted by Gasteiger charge is -2.41. The van der Waals surface area contributed by atoms with Gasteiger partial charge >= 0.3 is 0 Å². The van der Waals surface area contributed by atoms with E-state index in [0.29, 0.717) is 67.7 Å². The minimum atomic E-state index is -5.33. The maximum absolute atomic E-state index is 14.7. The van der Waals surface area contributed by atoms with Gasteiger partial charge in [-0.3, -0.25) is 14.4 Å². The molecule has 3 atom stereocenters. The summed E-state index contributed by atoms with van der Waals surface area (Å²) in [5.41, 5.74) is 12.9. The number of halogens is 16. The van der Waals surface area contributed by atoms with E-state index < -0.39 is 167 Å². The van der Waals surface area contributed by atoms with E-state index in [0.717, 1.165) is 84.8 Å². The quantitative estimate of drug-likeness (QED) is 0.0199. The maximum atomic E-state index is 14.7. The molecule has 6 heterocycles. The second-order valence-electron chi connectivity index (χ2n) is 36.9. The molecule has 27 nitrogen and oxygen atoms in total. The molecular formula is C104H94ClF15N18O9S3. The third kappa shape index (κ3) is 23.0. The Kier molecular flexibility index (Phi) is 33.4. The Labute approximate surface area is 856 Å². The van der Waals surface area contributed by atoms with Gasteiger partial charge in [0, 0.05) is 59.9 Å². The summed E-state index contributed by atoms with van der Waals surface area (Å²) in [6, 6.07) is 61.8. The number of anilines is 3. The lowest BCUT2D eigenvalue weighted by molar-refractivity contribution is -0.125. The topological polar surface area (TPSA) is 324 Å². The first-order chi connectivity index (χ1) is 72.1. The number of H-pyrrole nitrogens is 1. The number of hydrogen-bond donors (Lipinski definition) is 2. The largest absolute Gasteiger partial charge is 0.381 e. The molecule has 2 amide bonds. The molecule has 3 aliphatic heterocycles. The monoisotopic (exact) mass is 2150 g/mol. The molecule has 150 heavy (non-hydrogen) atoms. The molecule has 2 N–H and O–H groups in total. The van der Waals surface area contributed by atoms with Crippen molar-refractivity contribution < 1.29 is 105 Å². The molecule has 6 aliphatic rings. The Morgan fingerprint density at radius 3 is 0.953 bits per heavy atom. The van der Waals surface area contributed by atoms with Gasteiger partial charge in [-0.15, -0.1) is 20.4 Å². The SMILES string of the molecule is O=C(Cl)[C@H]1CCN1S(=O)(=O)c1c(F)c(F)c(F)c(F)c1F.O=C([C@H]1CCN1S(=O)(=O)c1c(F)c(F)c(F)c(F)c1F)N(Cc1ccc(C2CCCCC2)cc1)c1ccc(-c2nn[nH]n2)cc1.O=C([C@H]1CCN1S(=O)(=O)c1c(F)c(F)c(F)c(F)c1F)N(Cc1ccc(C2CCCCC2)cc1)c1ccc(-c2nnnn2Cc2ccccc2)cc1.c1ccc(Cn2nnnc2-c2ccc(NCc3ccc(C4CCCCC4)cc3)cc2)cc1. The number of aromatic nitrogens is 12. The predicted octanol–water partition coefficient (Wildman–Crippen LogP) is 20.7. The van der Waals surface area contributed by atoms with Gasteiger partial charge in [0.2, 0.25) is 70.4 Å². The second-order valence-corrected chi connectivity index (χ2v) is 42.7. The minimum absolute atomic E-state index is 0.00177. The molecule has 3 aliphatic carbocycles. The summed E-state index contributed by atoms with van der Waals surface area (Å²) >= 11 is 5.09. The summed E-state index contributed by atoms with van der Waals surface area (Å²) in [6.45, 7) is 0.826. The van der Waals surface area contributed by atoms with Crippen molar-refractivity contribution in [1.82, 2.24) is 74.0 Å². The van der Waals surface area contributed by atoms with Crippen LogP contribution in [0.3, 0.4) is 0 Å². The molecule has 0 radical (unpaired) electrons. The number of benzene rings is 11. The maximum Gasteiger partial charge on any atom is 0.249 e. The van der Waals surface area contributed by atoms with E-state index in [-0.39, 0.29) is 56.3 Å². The minimum Gasteiger partial charge on any atom is -0.381 e. The molecule has 3 aromatic heterocycles. The van der Waals surface area contributed by atoms with Crippen molar-refractivity contribution in [3.63, 3.8) is 0 Å². The Morgan fingerprint density at radius 1 is 0.340 bits per heavy atom. The first-order valence-corrected chi connectivity index (χ1v) is 52.8. The van der Waals surface area contributed by atoms with Crippen LogP contribution in [0.25, 0.3) is 34.2 Å². The first kappa shape index (κ1) is 107. The van der Waals surface area contributed by atoms with Crippen LogP contribution < -0.4 is 15.1 Å². The van der Waals surface area contributed by atoms with E-state index in [9.17, 15) is 105 Å².